The van der Waals surface area contributed by atoms with Gasteiger partial charge in [0, 0.05) is 5.69 Å². The highest BCUT2D eigenvalue weighted by molar-refractivity contribution is 7.92. The third kappa shape index (κ3) is 3.80. The van der Waals surface area contributed by atoms with Gasteiger partial charge < -0.3 is 0 Å². The van der Waals surface area contributed by atoms with E-state index in [-0.39, 0.29) is 11.7 Å². The quantitative estimate of drug-likeness (QED) is 0.884. The standard InChI is InChI=1S/C13H18N4O2S/c1-3-11(2)8-20(18,19)16-12-4-6-13(7-5-12)17-10-14-9-15-17/h4-7,9-11,16H,3,8H2,1-2H3. The fourth-order valence-corrected chi connectivity index (χ4v) is 3.30. The molecule has 108 valence electrons. The summed E-state index contributed by atoms with van der Waals surface area (Å²) in [5.41, 5.74) is 1.38. The highest BCUT2D eigenvalue weighted by Crippen LogP contribution is 2.15. The van der Waals surface area contributed by atoms with Crippen molar-refractivity contribution in [1.29, 1.82) is 0 Å². The van der Waals surface area contributed by atoms with Crippen LogP contribution < -0.4 is 4.72 Å². The molecular weight excluding hydrogens is 276 g/mol. The molecule has 0 saturated carbocycles. The molecule has 0 bridgehead atoms. The van der Waals surface area contributed by atoms with Crippen LogP contribution in [0.1, 0.15) is 20.3 Å². The number of anilines is 1. The molecule has 0 aliphatic rings. The van der Waals surface area contributed by atoms with Crippen LogP contribution in [-0.2, 0) is 10.0 Å². The van der Waals surface area contributed by atoms with Crippen LogP contribution in [0.25, 0.3) is 5.69 Å². The van der Waals surface area contributed by atoms with E-state index in [1.807, 2.05) is 13.8 Å². The second-order valence-corrected chi connectivity index (χ2v) is 6.55. The monoisotopic (exact) mass is 294 g/mol. The van der Waals surface area contributed by atoms with Gasteiger partial charge in [0.15, 0.2) is 0 Å². The van der Waals surface area contributed by atoms with E-state index in [4.69, 9.17) is 0 Å². The largest absolute Gasteiger partial charge is 0.284 e. The predicted molar refractivity (Wildman–Crippen MR) is 78.2 cm³/mol. The summed E-state index contributed by atoms with van der Waals surface area (Å²) in [6.07, 6.45) is 3.87. The zero-order valence-corrected chi connectivity index (χ0v) is 12.3. The smallest absolute Gasteiger partial charge is 0.232 e. The first-order valence-corrected chi connectivity index (χ1v) is 8.11. The van der Waals surface area contributed by atoms with E-state index in [1.165, 1.54) is 6.33 Å². The minimum Gasteiger partial charge on any atom is -0.284 e. The fourth-order valence-electron chi connectivity index (χ4n) is 1.74. The van der Waals surface area contributed by atoms with Gasteiger partial charge in [-0.15, -0.1) is 0 Å². The van der Waals surface area contributed by atoms with E-state index in [1.54, 1.807) is 35.3 Å². The number of benzene rings is 1. The highest BCUT2D eigenvalue weighted by atomic mass is 32.2. The maximum atomic E-state index is 11.9. The fraction of sp³-hybridized carbons (Fsp3) is 0.385. The molecule has 0 saturated heterocycles. The third-order valence-corrected chi connectivity index (χ3v) is 4.58. The van der Waals surface area contributed by atoms with E-state index in [0.717, 1.165) is 12.1 Å². The summed E-state index contributed by atoms with van der Waals surface area (Å²) in [6.45, 7) is 3.90. The number of nitrogens with one attached hydrogen (secondary N) is 1. The van der Waals surface area contributed by atoms with E-state index < -0.39 is 10.0 Å². The molecule has 1 atom stereocenters. The molecule has 6 nitrogen and oxygen atoms in total. The Hall–Kier alpha value is -1.89. The van der Waals surface area contributed by atoms with E-state index in [2.05, 4.69) is 14.8 Å². The Morgan fingerprint density at radius 2 is 2.00 bits per heavy atom. The first kappa shape index (κ1) is 14.5. The molecule has 1 N–H and O–H groups in total. The Labute approximate surface area is 118 Å². The van der Waals surface area contributed by atoms with Gasteiger partial charge in [-0.2, -0.15) is 5.10 Å². The molecule has 1 unspecified atom stereocenters. The van der Waals surface area contributed by atoms with Gasteiger partial charge in [0.1, 0.15) is 12.7 Å². The Balaban J connectivity index is 2.07. The summed E-state index contributed by atoms with van der Waals surface area (Å²) >= 11 is 0. The lowest BCUT2D eigenvalue weighted by Crippen LogP contribution is -2.21. The van der Waals surface area contributed by atoms with Gasteiger partial charge in [0.2, 0.25) is 10.0 Å². The minimum absolute atomic E-state index is 0.133. The lowest BCUT2D eigenvalue weighted by Gasteiger charge is -2.12. The average Bonchev–Trinajstić information content (AvgIpc) is 2.92. The molecule has 2 rings (SSSR count). The zero-order chi connectivity index (χ0) is 14.6. The maximum Gasteiger partial charge on any atom is 0.232 e. The van der Waals surface area contributed by atoms with Crippen molar-refractivity contribution >= 4 is 15.7 Å². The van der Waals surface area contributed by atoms with Crippen molar-refractivity contribution in [3.8, 4) is 5.69 Å². The molecule has 20 heavy (non-hydrogen) atoms. The van der Waals surface area contributed by atoms with E-state index in [0.29, 0.717) is 5.69 Å². The topological polar surface area (TPSA) is 76.9 Å². The lowest BCUT2D eigenvalue weighted by molar-refractivity contribution is 0.568. The highest BCUT2D eigenvalue weighted by Gasteiger charge is 2.14. The number of nitrogens with zero attached hydrogens (tertiary/aromatic N) is 3. The van der Waals surface area contributed by atoms with Crippen LogP contribution in [0.3, 0.4) is 0 Å². The Kier molecular flexibility index (Phi) is 4.39. The van der Waals surface area contributed by atoms with Gasteiger partial charge in [-0.05, 0) is 30.2 Å². The molecule has 0 amide bonds. The first-order valence-electron chi connectivity index (χ1n) is 6.45. The van der Waals surface area contributed by atoms with Crippen molar-refractivity contribution in [1.82, 2.24) is 14.8 Å². The molecule has 0 aliphatic carbocycles. The number of aromatic nitrogens is 3. The normalized spacial score (nSPS) is 13.1. The summed E-state index contributed by atoms with van der Waals surface area (Å²) in [5.74, 6) is 0.274. The predicted octanol–water partition coefficient (Wildman–Crippen LogP) is 2.06. The van der Waals surface area contributed by atoms with Crippen molar-refractivity contribution < 1.29 is 8.42 Å². The Morgan fingerprint density at radius 1 is 1.30 bits per heavy atom. The van der Waals surface area contributed by atoms with Gasteiger partial charge in [-0.1, -0.05) is 20.3 Å². The molecule has 7 heteroatoms. The molecule has 1 aromatic heterocycles. The average molecular weight is 294 g/mol. The molecule has 0 aliphatic heterocycles. The van der Waals surface area contributed by atoms with Crippen LogP contribution in [0.15, 0.2) is 36.9 Å². The molecular formula is C13H18N4O2S. The lowest BCUT2D eigenvalue weighted by atomic mass is 10.2. The summed E-state index contributed by atoms with van der Waals surface area (Å²) in [5, 5.41) is 4.01. The number of rotatable bonds is 6. The first-order chi connectivity index (χ1) is 9.50. The van der Waals surface area contributed by atoms with Gasteiger partial charge in [0.05, 0.1) is 11.4 Å². The van der Waals surface area contributed by atoms with Crippen LogP contribution in [0.4, 0.5) is 5.69 Å². The summed E-state index contributed by atoms with van der Waals surface area (Å²) < 4.78 is 28.1. The van der Waals surface area contributed by atoms with E-state index in [9.17, 15) is 8.42 Å². The molecule has 0 fully saturated rings. The number of hydrogen-bond acceptors (Lipinski definition) is 4. The third-order valence-electron chi connectivity index (χ3n) is 3.02. The van der Waals surface area contributed by atoms with Crippen LogP contribution in [0.2, 0.25) is 0 Å². The summed E-state index contributed by atoms with van der Waals surface area (Å²) in [6, 6.07) is 7.00. The summed E-state index contributed by atoms with van der Waals surface area (Å²) in [4.78, 5) is 3.86. The molecule has 1 aromatic carbocycles. The zero-order valence-electron chi connectivity index (χ0n) is 11.5. The van der Waals surface area contributed by atoms with Crippen LogP contribution >= 0.6 is 0 Å². The Bertz CT molecular complexity index is 636. The maximum absolute atomic E-state index is 11.9. The number of hydrogen-bond donors (Lipinski definition) is 1. The van der Waals surface area contributed by atoms with Crippen molar-refractivity contribution in [3.63, 3.8) is 0 Å². The molecule has 0 spiro atoms. The SMILES string of the molecule is CCC(C)CS(=O)(=O)Nc1ccc(-n2cncn2)cc1. The van der Waals surface area contributed by atoms with Gasteiger partial charge in [-0.3, -0.25) is 4.72 Å². The van der Waals surface area contributed by atoms with Gasteiger partial charge >= 0.3 is 0 Å². The van der Waals surface area contributed by atoms with Crippen molar-refractivity contribution in [2.45, 2.75) is 20.3 Å². The second kappa shape index (κ2) is 6.04. The van der Waals surface area contributed by atoms with Gasteiger partial charge in [-0.25, -0.2) is 18.1 Å². The van der Waals surface area contributed by atoms with E-state index >= 15 is 0 Å². The summed E-state index contributed by atoms with van der Waals surface area (Å²) in [7, 11) is -3.30. The number of sulfonamides is 1. The molecule has 1 heterocycles. The molecule has 0 radical (unpaired) electrons. The van der Waals surface area contributed by atoms with Crippen molar-refractivity contribution in [3.05, 3.63) is 36.9 Å². The van der Waals surface area contributed by atoms with Crippen LogP contribution in [0, 0.1) is 5.92 Å². The van der Waals surface area contributed by atoms with Crippen molar-refractivity contribution in [2.75, 3.05) is 10.5 Å². The Morgan fingerprint density at radius 3 is 2.55 bits per heavy atom. The van der Waals surface area contributed by atoms with Crippen LogP contribution in [-0.4, -0.2) is 28.9 Å². The minimum atomic E-state index is -3.30. The second-order valence-electron chi connectivity index (χ2n) is 4.78. The molecule has 2 aromatic rings. The van der Waals surface area contributed by atoms with Crippen molar-refractivity contribution in [2.24, 2.45) is 5.92 Å². The van der Waals surface area contributed by atoms with Gasteiger partial charge in [0.25, 0.3) is 0 Å². The van der Waals surface area contributed by atoms with Crippen LogP contribution in [0.5, 0.6) is 0 Å².